The molecule has 2 fully saturated rings. The van der Waals surface area contributed by atoms with E-state index in [2.05, 4.69) is 69.1 Å². The standard InChI is InChI=1S/C32H47NO4Si/c1-32(2,3)38(5,6)37-23-27-20-33(21-29(27)25-12-8-7-9-13-25)30(26-14-10-11-15-26)31(34)36-22-24-16-18-28(35-4)19-17-24/h7-9,12-13,16-19,26-27,29-30H,10-11,14-15,20-23H2,1-6H3/t27-,29-,30-/m1/s1. The van der Waals surface area contributed by atoms with E-state index in [1.54, 1.807) is 7.11 Å². The number of carbonyl (C=O) groups is 1. The van der Waals surface area contributed by atoms with Crippen LogP contribution in [0.5, 0.6) is 5.75 Å². The first-order valence-corrected chi connectivity index (χ1v) is 17.2. The molecular formula is C32H47NO4Si. The van der Waals surface area contributed by atoms with Crippen molar-refractivity contribution >= 4 is 14.3 Å². The van der Waals surface area contributed by atoms with Gasteiger partial charge in [-0.05, 0) is 60.2 Å². The van der Waals surface area contributed by atoms with Gasteiger partial charge in [-0.1, -0.05) is 76.1 Å². The number of nitrogens with zero attached hydrogens (tertiary/aromatic N) is 1. The molecule has 3 atom stereocenters. The van der Waals surface area contributed by atoms with Gasteiger partial charge >= 0.3 is 5.97 Å². The van der Waals surface area contributed by atoms with E-state index in [9.17, 15) is 4.79 Å². The second kappa shape index (κ2) is 12.4. The van der Waals surface area contributed by atoms with Gasteiger partial charge in [0.05, 0.1) is 7.11 Å². The normalized spacial score (nSPS) is 21.9. The molecule has 0 unspecified atom stereocenters. The van der Waals surface area contributed by atoms with Crippen LogP contribution in [0.15, 0.2) is 54.6 Å². The average molecular weight is 538 g/mol. The SMILES string of the molecule is COc1ccc(COC(=O)[C@@H](C2CCCC2)N2C[C@H](CO[Si](C)(C)C(C)(C)C)[C@@H](c3ccccc3)C2)cc1. The number of likely N-dealkylation sites (tertiary alicyclic amines) is 1. The first kappa shape index (κ1) is 28.8. The predicted octanol–water partition coefficient (Wildman–Crippen LogP) is 7.03. The minimum atomic E-state index is -1.88. The number of carbonyl (C=O) groups excluding carboxylic acids is 1. The summed E-state index contributed by atoms with van der Waals surface area (Å²) in [6.07, 6.45) is 4.58. The smallest absolute Gasteiger partial charge is 0.323 e. The number of rotatable bonds is 10. The Labute approximate surface area is 231 Å². The average Bonchev–Trinajstić information content (AvgIpc) is 3.57. The highest BCUT2D eigenvalue weighted by Gasteiger charge is 2.45. The maximum Gasteiger partial charge on any atom is 0.323 e. The molecule has 0 spiro atoms. The molecule has 2 aliphatic rings. The van der Waals surface area contributed by atoms with Crippen LogP contribution in [-0.2, 0) is 20.6 Å². The third kappa shape index (κ3) is 6.88. The molecule has 1 saturated heterocycles. The Kier molecular flexibility index (Phi) is 9.38. The van der Waals surface area contributed by atoms with Gasteiger partial charge in [-0.2, -0.15) is 0 Å². The highest BCUT2D eigenvalue weighted by molar-refractivity contribution is 6.74. The largest absolute Gasteiger partial charge is 0.497 e. The van der Waals surface area contributed by atoms with Crippen LogP contribution in [0.1, 0.15) is 63.5 Å². The van der Waals surface area contributed by atoms with Crippen LogP contribution >= 0.6 is 0 Å². The van der Waals surface area contributed by atoms with Gasteiger partial charge in [0, 0.05) is 31.5 Å². The lowest BCUT2D eigenvalue weighted by atomic mass is 9.90. The lowest BCUT2D eigenvalue weighted by Crippen LogP contribution is -2.46. The Bertz CT molecular complexity index is 1030. The van der Waals surface area contributed by atoms with Crippen LogP contribution in [0.25, 0.3) is 0 Å². The molecule has 6 heteroatoms. The summed E-state index contributed by atoms with van der Waals surface area (Å²) in [6, 6.07) is 18.4. The highest BCUT2D eigenvalue weighted by Crippen LogP contribution is 2.41. The molecule has 0 aromatic heterocycles. The summed E-state index contributed by atoms with van der Waals surface area (Å²) < 4.78 is 18.0. The Hall–Kier alpha value is -2.15. The molecule has 1 heterocycles. The maximum absolute atomic E-state index is 13.7. The second-order valence-electron chi connectivity index (χ2n) is 12.7. The summed E-state index contributed by atoms with van der Waals surface area (Å²) in [5, 5.41) is 0.172. The van der Waals surface area contributed by atoms with Gasteiger partial charge in [-0.3, -0.25) is 9.69 Å². The van der Waals surface area contributed by atoms with Crippen molar-refractivity contribution in [2.45, 2.75) is 83.2 Å². The summed E-state index contributed by atoms with van der Waals surface area (Å²) in [7, 11) is -0.218. The fourth-order valence-corrected chi connectivity index (χ4v) is 6.85. The Morgan fingerprint density at radius 3 is 2.26 bits per heavy atom. The first-order chi connectivity index (χ1) is 18.1. The molecule has 208 valence electrons. The molecule has 4 rings (SSSR count). The van der Waals surface area contributed by atoms with E-state index in [0.29, 0.717) is 24.4 Å². The zero-order valence-corrected chi connectivity index (χ0v) is 25.2. The van der Waals surface area contributed by atoms with Crippen LogP contribution in [0.2, 0.25) is 18.1 Å². The van der Waals surface area contributed by atoms with Crippen LogP contribution in [0, 0.1) is 11.8 Å². The van der Waals surface area contributed by atoms with Crippen molar-refractivity contribution in [2.75, 3.05) is 26.8 Å². The molecule has 2 aromatic carbocycles. The summed E-state index contributed by atoms with van der Waals surface area (Å²) in [5.41, 5.74) is 2.32. The fraction of sp³-hybridized carbons (Fsp3) is 0.594. The first-order valence-electron chi connectivity index (χ1n) is 14.3. The van der Waals surface area contributed by atoms with Crippen molar-refractivity contribution in [1.29, 1.82) is 0 Å². The van der Waals surface area contributed by atoms with E-state index in [1.165, 1.54) is 18.4 Å². The highest BCUT2D eigenvalue weighted by atomic mass is 28.4. The molecule has 1 saturated carbocycles. The van der Waals surface area contributed by atoms with Gasteiger partial charge in [0.15, 0.2) is 8.32 Å². The molecule has 38 heavy (non-hydrogen) atoms. The summed E-state index contributed by atoms with van der Waals surface area (Å²) in [4.78, 5) is 16.1. The van der Waals surface area contributed by atoms with Crippen molar-refractivity contribution < 1.29 is 18.7 Å². The Morgan fingerprint density at radius 2 is 1.66 bits per heavy atom. The molecule has 1 aliphatic carbocycles. The van der Waals surface area contributed by atoms with Crippen LogP contribution < -0.4 is 4.74 Å². The molecule has 0 radical (unpaired) electrons. The minimum absolute atomic E-state index is 0.0782. The van der Waals surface area contributed by atoms with Gasteiger partial charge in [-0.15, -0.1) is 0 Å². The number of benzene rings is 2. The van der Waals surface area contributed by atoms with Crippen LogP contribution in [0.4, 0.5) is 0 Å². The molecule has 0 N–H and O–H groups in total. The topological polar surface area (TPSA) is 48.0 Å². The predicted molar refractivity (Wildman–Crippen MR) is 156 cm³/mol. The quantitative estimate of drug-likeness (QED) is 0.240. The van der Waals surface area contributed by atoms with E-state index in [4.69, 9.17) is 13.9 Å². The third-order valence-electron chi connectivity index (χ3n) is 9.18. The number of hydrogen-bond acceptors (Lipinski definition) is 5. The van der Waals surface area contributed by atoms with Crippen molar-refractivity contribution in [3.63, 3.8) is 0 Å². The Morgan fingerprint density at radius 1 is 1.00 bits per heavy atom. The second-order valence-corrected chi connectivity index (χ2v) is 17.6. The maximum atomic E-state index is 13.7. The summed E-state index contributed by atoms with van der Waals surface area (Å²) in [6.45, 7) is 14.3. The van der Waals surface area contributed by atoms with Gasteiger partial charge in [0.25, 0.3) is 0 Å². The van der Waals surface area contributed by atoms with Crippen LogP contribution in [-0.4, -0.2) is 52.0 Å². The van der Waals surface area contributed by atoms with Gasteiger partial charge in [-0.25, -0.2) is 0 Å². The number of esters is 1. The van der Waals surface area contributed by atoms with Crippen molar-refractivity contribution in [3.05, 3.63) is 65.7 Å². The van der Waals surface area contributed by atoms with E-state index in [0.717, 1.165) is 43.9 Å². The zero-order valence-electron chi connectivity index (χ0n) is 24.2. The van der Waals surface area contributed by atoms with Crippen LogP contribution in [0.3, 0.4) is 0 Å². The molecule has 0 bridgehead atoms. The number of hydrogen-bond donors (Lipinski definition) is 0. The Balaban J connectivity index is 1.51. The van der Waals surface area contributed by atoms with Gasteiger partial charge in [0.1, 0.15) is 18.4 Å². The summed E-state index contributed by atoms with van der Waals surface area (Å²) >= 11 is 0. The monoisotopic (exact) mass is 537 g/mol. The van der Waals surface area contributed by atoms with E-state index < -0.39 is 8.32 Å². The van der Waals surface area contributed by atoms with E-state index in [-0.39, 0.29) is 17.0 Å². The minimum Gasteiger partial charge on any atom is -0.497 e. The molecule has 2 aromatic rings. The molecule has 5 nitrogen and oxygen atoms in total. The molecule has 1 aliphatic heterocycles. The summed E-state index contributed by atoms with van der Waals surface area (Å²) in [5.74, 6) is 1.78. The lowest BCUT2D eigenvalue weighted by Gasteiger charge is -2.37. The van der Waals surface area contributed by atoms with E-state index >= 15 is 0 Å². The van der Waals surface area contributed by atoms with Crippen molar-refractivity contribution in [1.82, 2.24) is 4.90 Å². The van der Waals surface area contributed by atoms with Gasteiger partial charge < -0.3 is 13.9 Å². The lowest BCUT2D eigenvalue weighted by molar-refractivity contribution is -0.153. The number of methoxy groups -OCH3 is 1. The molecular weight excluding hydrogens is 490 g/mol. The third-order valence-corrected chi connectivity index (χ3v) is 13.7. The zero-order chi connectivity index (χ0) is 27.3. The van der Waals surface area contributed by atoms with E-state index in [1.807, 2.05) is 24.3 Å². The molecule has 0 amide bonds. The fourth-order valence-electron chi connectivity index (χ4n) is 5.78. The van der Waals surface area contributed by atoms with Crippen molar-refractivity contribution in [3.8, 4) is 5.75 Å². The van der Waals surface area contributed by atoms with Crippen molar-refractivity contribution in [2.24, 2.45) is 11.8 Å². The van der Waals surface area contributed by atoms with Gasteiger partial charge in [0.2, 0.25) is 0 Å². The number of ether oxygens (including phenoxy) is 2.